The Balaban J connectivity index is 1.86. The van der Waals surface area contributed by atoms with Crippen molar-refractivity contribution in [2.75, 3.05) is 0 Å². The van der Waals surface area contributed by atoms with Gasteiger partial charge in [-0.15, -0.1) is 0 Å². The molecule has 1 fully saturated rings. The number of ketones is 1. The van der Waals surface area contributed by atoms with Gasteiger partial charge in [-0.25, -0.2) is 0 Å². The lowest BCUT2D eigenvalue weighted by Gasteiger charge is -2.24. The van der Waals surface area contributed by atoms with Crippen LogP contribution in [0, 0.1) is 6.92 Å². The van der Waals surface area contributed by atoms with Crippen LogP contribution in [-0.2, 0) is 16.1 Å². The summed E-state index contributed by atoms with van der Waals surface area (Å²) in [6.45, 7) is 2.09. The number of carbonyl (C=O) groups is 2. The molecule has 3 heterocycles. The maximum absolute atomic E-state index is 13.0. The first kappa shape index (κ1) is 20.0. The van der Waals surface area contributed by atoms with Crippen molar-refractivity contribution in [3.05, 3.63) is 99.6 Å². The zero-order chi connectivity index (χ0) is 21.3. The molecule has 0 radical (unpaired) electrons. The molecule has 0 aliphatic carbocycles. The van der Waals surface area contributed by atoms with Crippen molar-refractivity contribution >= 4 is 33.4 Å². The van der Waals surface area contributed by atoms with E-state index in [-0.39, 0.29) is 17.9 Å². The van der Waals surface area contributed by atoms with Crippen LogP contribution in [0.3, 0.4) is 0 Å². The van der Waals surface area contributed by atoms with E-state index in [1.807, 2.05) is 6.92 Å². The molecule has 1 amide bonds. The van der Waals surface area contributed by atoms with Crippen LogP contribution in [0.25, 0.3) is 5.76 Å². The summed E-state index contributed by atoms with van der Waals surface area (Å²) in [5, 5.41) is 11.1. The monoisotopic (exact) mass is 463 g/mol. The average Bonchev–Trinajstić information content (AvgIpc) is 3.01. The fraction of sp³-hybridized carbons (Fsp3) is 0.130. The van der Waals surface area contributed by atoms with Crippen molar-refractivity contribution in [1.29, 1.82) is 0 Å². The van der Waals surface area contributed by atoms with Gasteiger partial charge in [0.25, 0.3) is 11.7 Å². The number of amides is 1. The predicted molar refractivity (Wildman–Crippen MR) is 115 cm³/mol. The Morgan fingerprint density at radius 2 is 1.87 bits per heavy atom. The second kappa shape index (κ2) is 8.20. The highest BCUT2D eigenvalue weighted by molar-refractivity contribution is 9.10. The molecule has 3 aromatic rings. The number of likely N-dealkylation sites (tertiary alicyclic amines) is 1. The van der Waals surface area contributed by atoms with Gasteiger partial charge in [0.1, 0.15) is 11.8 Å². The van der Waals surface area contributed by atoms with E-state index in [1.165, 1.54) is 4.90 Å². The molecule has 1 unspecified atom stereocenters. The lowest BCUT2D eigenvalue weighted by Crippen LogP contribution is -2.29. The van der Waals surface area contributed by atoms with Crippen molar-refractivity contribution in [2.24, 2.45) is 0 Å². The van der Waals surface area contributed by atoms with Crippen molar-refractivity contribution in [3.8, 4) is 0 Å². The largest absolute Gasteiger partial charge is 0.507 e. The van der Waals surface area contributed by atoms with Gasteiger partial charge >= 0.3 is 0 Å². The number of aliphatic hydroxyl groups is 1. The van der Waals surface area contributed by atoms with Gasteiger partial charge in [-0.05, 0) is 54.4 Å². The van der Waals surface area contributed by atoms with Crippen molar-refractivity contribution in [2.45, 2.75) is 19.5 Å². The van der Waals surface area contributed by atoms with Crippen LogP contribution in [0.1, 0.15) is 28.4 Å². The number of pyridine rings is 2. The first-order valence-corrected chi connectivity index (χ1v) is 10.1. The first-order valence-electron chi connectivity index (χ1n) is 9.32. The molecule has 1 aromatic carbocycles. The molecule has 1 atom stereocenters. The molecule has 2 aromatic heterocycles. The number of nitrogens with zero attached hydrogens (tertiary/aromatic N) is 3. The van der Waals surface area contributed by atoms with E-state index < -0.39 is 17.7 Å². The van der Waals surface area contributed by atoms with Gasteiger partial charge in [0.05, 0.1) is 11.3 Å². The average molecular weight is 464 g/mol. The lowest BCUT2D eigenvalue weighted by atomic mass is 9.97. The Bertz CT molecular complexity index is 1150. The van der Waals surface area contributed by atoms with Crippen molar-refractivity contribution in [1.82, 2.24) is 14.9 Å². The Morgan fingerprint density at radius 3 is 2.53 bits per heavy atom. The minimum Gasteiger partial charge on any atom is -0.507 e. The van der Waals surface area contributed by atoms with Gasteiger partial charge < -0.3 is 10.0 Å². The molecule has 4 rings (SSSR count). The molecule has 7 heteroatoms. The summed E-state index contributed by atoms with van der Waals surface area (Å²) in [5.74, 6) is -1.60. The van der Waals surface area contributed by atoms with Gasteiger partial charge in [0.15, 0.2) is 0 Å². The Morgan fingerprint density at radius 1 is 1.10 bits per heavy atom. The molecular formula is C23H18BrN3O3. The van der Waals surface area contributed by atoms with E-state index in [0.29, 0.717) is 11.3 Å². The van der Waals surface area contributed by atoms with Gasteiger partial charge in [0.2, 0.25) is 0 Å². The molecule has 0 saturated carbocycles. The summed E-state index contributed by atoms with van der Waals surface area (Å²) >= 11 is 3.44. The van der Waals surface area contributed by atoms with E-state index >= 15 is 0 Å². The molecule has 1 aliphatic heterocycles. The van der Waals surface area contributed by atoms with E-state index in [4.69, 9.17) is 0 Å². The number of aliphatic hydroxyl groups excluding tert-OH is 1. The van der Waals surface area contributed by atoms with Crippen molar-refractivity contribution < 1.29 is 14.7 Å². The van der Waals surface area contributed by atoms with E-state index in [0.717, 1.165) is 15.6 Å². The molecule has 1 saturated heterocycles. The number of aromatic nitrogens is 2. The zero-order valence-electron chi connectivity index (χ0n) is 16.1. The van der Waals surface area contributed by atoms with Crippen LogP contribution >= 0.6 is 15.9 Å². The number of hydrogen-bond donors (Lipinski definition) is 1. The Kier molecular flexibility index (Phi) is 5.46. The van der Waals surface area contributed by atoms with E-state index in [1.54, 1.807) is 67.1 Å². The van der Waals surface area contributed by atoms with Crippen LogP contribution in [0.2, 0.25) is 0 Å². The Hall–Kier alpha value is -3.32. The maximum atomic E-state index is 13.0. The third-order valence-corrected chi connectivity index (χ3v) is 5.93. The summed E-state index contributed by atoms with van der Waals surface area (Å²) in [5.41, 5.74) is 2.75. The number of aryl methyl sites for hydroxylation is 1. The van der Waals surface area contributed by atoms with Crippen LogP contribution < -0.4 is 0 Å². The third-order valence-electron chi connectivity index (χ3n) is 5.04. The summed E-state index contributed by atoms with van der Waals surface area (Å²) in [6, 6.07) is 13.4. The highest BCUT2D eigenvalue weighted by Gasteiger charge is 2.46. The summed E-state index contributed by atoms with van der Waals surface area (Å²) in [7, 11) is 0. The highest BCUT2D eigenvalue weighted by Crippen LogP contribution is 2.39. The molecule has 30 heavy (non-hydrogen) atoms. The number of rotatable bonds is 4. The van der Waals surface area contributed by atoms with Crippen LogP contribution in [0.4, 0.5) is 0 Å². The molecule has 1 N–H and O–H groups in total. The normalized spacial score (nSPS) is 18.1. The quantitative estimate of drug-likeness (QED) is 0.356. The molecule has 0 spiro atoms. The minimum atomic E-state index is -0.789. The van der Waals surface area contributed by atoms with Crippen molar-refractivity contribution in [3.63, 3.8) is 0 Å². The van der Waals surface area contributed by atoms with Crippen LogP contribution in [-0.4, -0.2) is 31.7 Å². The fourth-order valence-electron chi connectivity index (χ4n) is 3.52. The zero-order valence-corrected chi connectivity index (χ0v) is 17.7. The molecule has 1 aliphatic rings. The second-order valence-electron chi connectivity index (χ2n) is 7.00. The Labute approximate surface area is 182 Å². The van der Waals surface area contributed by atoms with Crippen LogP contribution in [0.5, 0.6) is 0 Å². The van der Waals surface area contributed by atoms with Gasteiger partial charge in [-0.2, -0.15) is 0 Å². The van der Waals surface area contributed by atoms with Crippen LogP contribution in [0.15, 0.2) is 77.2 Å². The molecular weight excluding hydrogens is 446 g/mol. The highest BCUT2D eigenvalue weighted by atomic mass is 79.9. The van der Waals surface area contributed by atoms with Gasteiger partial charge in [-0.3, -0.25) is 19.6 Å². The number of halogens is 1. The third kappa shape index (κ3) is 3.64. The molecule has 150 valence electrons. The fourth-order valence-corrected chi connectivity index (χ4v) is 3.77. The minimum absolute atomic E-state index is 0.0366. The molecule has 0 bridgehead atoms. The van der Waals surface area contributed by atoms with E-state index in [2.05, 4.69) is 25.9 Å². The smallest absolute Gasteiger partial charge is 0.296 e. The standard InChI is InChI=1S/C23H18BrN3O3/c1-14-12-16(5-6-17(14)24)21(28)19-20(18-4-2-3-9-26-18)27(23(30)22(19)29)13-15-7-10-25-11-8-15/h2-12,20,28H,13H2,1H3/b21-19-. The predicted octanol–water partition coefficient (Wildman–Crippen LogP) is 4.17. The number of hydrogen-bond acceptors (Lipinski definition) is 5. The number of benzene rings is 1. The van der Waals surface area contributed by atoms with Gasteiger partial charge in [-0.1, -0.05) is 28.1 Å². The first-order chi connectivity index (χ1) is 14.5. The van der Waals surface area contributed by atoms with E-state index in [9.17, 15) is 14.7 Å². The topological polar surface area (TPSA) is 83.4 Å². The second-order valence-corrected chi connectivity index (χ2v) is 7.86. The molecule has 6 nitrogen and oxygen atoms in total. The van der Waals surface area contributed by atoms with Gasteiger partial charge in [0, 0.05) is 35.2 Å². The summed E-state index contributed by atoms with van der Waals surface area (Å²) in [6.07, 6.45) is 4.87. The lowest BCUT2D eigenvalue weighted by molar-refractivity contribution is -0.140. The summed E-state index contributed by atoms with van der Waals surface area (Å²) in [4.78, 5) is 35.7. The number of carbonyl (C=O) groups excluding carboxylic acids is 2. The summed E-state index contributed by atoms with van der Waals surface area (Å²) < 4.78 is 0.887. The maximum Gasteiger partial charge on any atom is 0.296 e. The SMILES string of the molecule is Cc1cc(/C(O)=C2/C(=O)C(=O)N(Cc3ccncc3)C2c2ccccn2)ccc1Br. The number of Topliss-reactive ketones (excluding diaryl/α,β-unsaturated/α-hetero) is 1.